The Kier molecular flexibility index (Phi) is 5.82. The fourth-order valence-corrected chi connectivity index (χ4v) is 2.77. The molecule has 0 radical (unpaired) electrons. The summed E-state index contributed by atoms with van der Waals surface area (Å²) in [5.41, 5.74) is 2.40. The molecule has 1 N–H and O–H groups in total. The van der Waals surface area contributed by atoms with Gasteiger partial charge in [-0.15, -0.1) is 0 Å². The van der Waals surface area contributed by atoms with Crippen LogP contribution in [0.1, 0.15) is 31.0 Å². The second kappa shape index (κ2) is 7.61. The van der Waals surface area contributed by atoms with Crippen molar-refractivity contribution in [1.82, 2.24) is 15.1 Å². The molecule has 0 aliphatic carbocycles. The average molecular weight is 352 g/mol. The van der Waals surface area contributed by atoms with Crippen LogP contribution < -0.4 is 10.1 Å². The number of benzene rings is 1. The first-order valence-corrected chi connectivity index (χ1v) is 8.05. The third-order valence-corrected chi connectivity index (χ3v) is 3.97. The molecule has 2 rings (SSSR count). The van der Waals surface area contributed by atoms with Crippen LogP contribution in [-0.2, 0) is 13.0 Å². The van der Waals surface area contributed by atoms with Crippen LogP contribution in [0.3, 0.4) is 0 Å². The van der Waals surface area contributed by atoms with Gasteiger partial charge in [0, 0.05) is 28.8 Å². The van der Waals surface area contributed by atoms with Crippen molar-refractivity contribution in [2.45, 2.75) is 32.9 Å². The predicted molar refractivity (Wildman–Crippen MR) is 88.7 cm³/mol. The molecular weight excluding hydrogens is 330 g/mol. The van der Waals surface area contributed by atoms with Crippen molar-refractivity contribution in [3.8, 4) is 5.75 Å². The number of likely N-dealkylation sites (N-methyl/N-ethyl adjacent to an activating group) is 1. The number of methoxy groups -OCH3 is 1. The Morgan fingerprint density at radius 3 is 2.81 bits per heavy atom. The lowest BCUT2D eigenvalue weighted by molar-refractivity contribution is 0.399. The number of nitrogens with zero attached hydrogens (tertiary/aromatic N) is 2. The van der Waals surface area contributed by atoms with E-state index < -0.39 is 0 Å². The third-order valence-electron chi connectivity index (χ3n) is 3.47. The zero-order valence-electron chi connectivity index (χ0n) is 12.8. The molecule has 1 aromatic heterocycles. The molecule has 1 atom stereocenters. The molecule has 0 spiro atoms. The summed E-state index contributed by atoms with van der Waals surface area (Å²) in [6, 6.07) is 6.39. The number of halogens is 1. The van der Waals surface area contributed by atoms with Gasteiger partial charge in [-0.05, 0) is 37.6 Å². The number of hydrogen-bond acceptors (Lipinski definition) is 3. The molecule has 1 unspecified atom stereocenters. The van der Waals surface area contributed by atoms with Crippen LogP contribution in [0.4, 0.5) is 0 Å². The molecule has 2 aromatic rings. The monoisotopic (exact) mass is 351 g/mol. The first-order valence-electron chi connectivity index (χ1n) is 7.26. The van der Waals surface area contributed by atoms with Gasteiger partial charge in [0.15, 0.2) is 0 Å². The minimum atomic E-state index is 0.215. The highest BCUT2D eigenvalue weighted by molar-refractivity contribution is 9.10. The maximum Gasteiger partial charge on any atom is 0.124 e. The number of aryl methyl sites for hydroxylation is 1. The van der Waals surface area contributed by atoms with E-state index in [4.69, 9.17) is 4.74 Å². The molecule has 4 nitrogen and oxygen atoms in total. The lowest BCUT2D eigenvalue weighted by atomic mass is 9.99. The van der Waals surface area contributed by atoms with Crippen LogP contribution >= 0.6 is 15.9 Å². The van der Waals surface area contributed by atoms with Crippen molar-refractivity contribution in [2.75, 3.05) is 13.7 Å². The van der Waals surface area contributed by atoms with Gasteiger partial charge in [-0.2, -0.15) is 5.10 Å². The first-order chi connectivity index (χ1) is 10.2. The molecule has 0 saturated heterocycles. The van der Waals surface area contributed by atoms with Gasteiger partial charge in [0.1, 0.15) is 5.75 Å². The number of aromatic nitrogens is 2. The Balaban J connectivity index is 2.25. The van der Waals surface area contributed by atoms with Gasteiger partial charge in [0.25, 0.3) is 0 Å². The summed E-state index contributed by atoms with van der Waals surface area (Å²) < 4.78 is 8.51. The molecule has 1 aromatic carbocycles. The van der Waals surface area contributed by atoms with Crippen LogP contribution in [0.25, 0.3) is 0 Å². The number of hydrogen-bond donors (Lipinski definition) is 1. The summed E-state index contributed by atoms with van der Waals surface area (Å²) in [5.74, 6) is 0.901. The summed E-state index contributed by atoms with van der Waals surface area (Å²) in [4.78, 5) is 0. The highest BCUT2D eigenvalue weighted by Crippen LogP contribution is 2.30. The molecule has 0 aliphatic heterocycles. The molecule has 0 fully saturated rings. The lowest BCUT2D eigenvalue weighted by Crippen LogP contribution is -2.23. The summed E-state index contributed by atoms with van der Waals surface area (Å²) in [7, 11) is 1.71. The summed E-state index contributed by atoms with van der Waals surface area (Å²) in [6.45, 7) is 6.02. The van der Waals surface area contributed by atoms with E-state index in [0.717, 1.165) is 29.7 Å². The molecule has 5 heteroatoms. The molecule has 114 valence electrons. The Morgan fingerprint density at radius 1 is 1.38 bits per heavy atom. The highest BCUT2D eigenvalue weighted by atomic mass is 79.9. The van der Waals surface area contributed by atoms with E-state index >= 15 is 0 Å². The maximum absolute atomic E-state index is 5.53. The average Bonchev–Trinajstić information content (AvgIpc) is 2.94. The Morgan fingerprint density at radius 2 is 2.19 bits per heavy atom. The van der Waals surface area contributed by atoms with Crippen LogP contribution in [0.15, 0.2) is 35.1 Å². The number of ether oxygens (including phenoxy) is 1. The molecule has 0 bridgehead atoms. The van der Waals surface area contributed by atoms with Crippen LogP contribution in [-0.4, -0.2) is 23.4 Å². The molecule has 21 heavy (non-hydrogen) atoms. The van der Waals surface area contributed by atoms with Gasteiger partial charge in [-0.1, -0.05) is 28.9 Å². The third kappa shape index (κ3) is 4.08. The van der Waals surface area contributed by atoms with E-state index in [9.17, 15) is 0 Å². The van der Waals surface area contributed by atoms with E-state index in [1.807, 2.05) is 16.9 Å². The normalized spacial score (nSPS) is 12.4. The van der Waals surface area contributed by atoms with Crippen molar-refractivity contribution >= 4 is 15.9 Å². The van der Waals surface area contributed by atoms with Gasteiger partial charge in [-0.25, -0.2) is 0 Å². The molecule has 1 heterocycles. The molecule has 0 saturated carbocycles. The van der Waals surface area contributed by atoms with Crippen LogP contribution in [0.5, 0.6) is 5.75 Å². The van der Waals surface area contributed by atoms with Gasteiger partial charge in [0.05, 0.1) is 13.3 Å². The van der Waals surface area contributed by atoms with E-state index in [2.05, 4.69) is 58.5 Å². The van der Waals surface area contributed by atoms with Gasteiger partial charge in [-0.3, -0.25) is 4.68 Å². The standard InChI is InChI=1S/C16H22BrN3O/c1-4-18-15(8-12-10-19-20(5-2)11-12)14-7-6-13(17)9-16(14)21-3/h6-7,9-11,15,18H,4-5,8H2,1-3H3. The van der Waals surface area contributed by atoms with Gasteiger partial charge < -0.3 is 10.1 Å². The minimum Gasteiger partial charge on any atom is -0.496 e. The quantitative estimate of drug-likeness (QED) is 0.828. The number of nitrogens with one attached hydrogen (secondary N) is 1. The first kappa shape index (κ1) is 16.0. The smallest absolute Gasteiger partial charge is 0.124 e. The molecule has 0 amide bonds. The van der Waals surface area contributed by atoms with E-state index in [0.29, 0.717) is 0 Å². The summed E-state index contributed by atoms with van der Waals surface area (Å²) in [5, 5.41) is 7.88. The van der Waals surface area contributed by atoms with Crippen molar-refractivity contribution < 1.29 is 4.74 Å². The summed E-state index contributed by atoms with van der Waals surface area (Å²) >= 11 is 3.49. The second-order valence-corrected chi connectivity index (χ2v) is 5.82. The van der Waals surface area contributed by atoms with Crippen LogP contribution in [0.2, 0.25) is 0 Å². The Bertz CT molecular complexity index is 583. The SMILES string of the molecule is CCNC(Cc1cnn(CC)c1)c1ccc(Br)cc1OC. The molecular formula is C16H22BrN3O. The van der Waals surface area contributed by atoms with E-state index in [1.165, 1.54) is 11.1 Å². The van der Waals surface area contributed by atoms with E-state index in [1.54, 1.807) is 7.11 Å². The van der Waals surface area contributed by atoms with Crippen molar-refractivity contribution in [3.63, 3.8) is 0 Å². The largest absolute Gasteiger partial charge is 0.496 e. The zero-order chi connectivity index (χ0) is 15.2. The van der Waals surface area contributed by atoms with Gasteiger partial charge in [0.2, 0.25) is 0 Å². The maximum atomic E-state index is 5.53. The fraction of sp³-hybridized carbons (Fsp3) is 0.438. The van der Waals surface area contributed by atoms with Gasteiger partial charge >= 0.3 is 0 Å². The van der Waals surface area contributed by atoms with Crippen molar-refractivity contribution in [1.29, 1.82) is 0 Å². The van der Waals surface area contributed by atoms with E-state index in [-0.39, 0.29) is 6.04 Å². The lowest BCUT2D eigenvalue weighted by Gasteiger charge is -2.20. The molecule has 0 aliphatic rings. The zero-order valence-corrected chi connectivity index (χ0v) is 14.4. The fourth-order valence-electron chi connectivity index (χ4n) is 2.43. The van der Waals surface area contributed by atoms with Crippen molar-refractivity contribution in [2.24, 2.45) is 0 Å². The highest BCUT2D eigenvalue weighted by Gasteiger charge is 2.17. The second-order valence-electron chi connectivity index (χ2n) is 4.90. The Hall–Kier alpha value is -1.33. The topological polar surface area (TPSA) is 39.1 Å². The summed E-state index contributed by atoms with van der Waals surface area (Å²) in [6.07, 6.45) is 4.95. The Labute approximate surface area is 134 Å². The predicted octanol–water partition coefficient (Wildman–Crippen LogP) is 3.57. The van der Waals surface area contributed by atoms with Crippen molar-refractivity contribution in [3.05, 3.63) is 46.2 Å². The number of rotatable bonds is 7. The van der Waals surface area contributed by atoms with Crippen LogP contribution in [0, 0.1) is 0 Å². The minimum absolute atomic E-state index is 0.215.